The molecule has 1 heterocycles. The van der Waals surface area contributed by atoms with Crippen molar-refractivity contribution in [2.45, 2.75) is 18.6 Å². The Morgan fingerprint density at radius 1 is 1.64 bits per heavy atom. The molecule has 1 aliphatic rings. The van der Waals surface area contributed by atoms with Crippen molar-refractivity contribution in [3.05, 3.63) is 0 Å². The van der Waals surface area contributed by atoms with Gasteiger partial charge in [0.05, 0.1) is 13.7 Å². The molecule has 0 aliphatic carbocycles. The molecular formula is C8H11ClFNO3. The number of ether oxygens (including phenoxy) is 1. The normalized spacial score (nSPS) is 26.4. The number of hydrogen-bond acceptors (Lipinski definition) is 3. The monoisotopic (exact) mass is 223 g/mol. The number of carbonyl (C=O) groups is 2. The molecule has 0 aromatic carbocycles. The van der Waals surface area contributed by atoms with Crippen molar-refractivity contribution in [2.75, 3.05) is 19.5 Å². The molecule has 1 saturated heterocycles. The Bertz CT molecular complexity index is 225. The number of nitrogens with zero attached hydrogens (tertiary/aromatic N) is 1. The van der Waals surface area contributed by atoms with Gasteiger partial charge in [-0.3, -0.25) is 4.79 Å². The lowest BCUT2D eigenvalue weighted by Gasteiger charge is -2.20. The summed E-state index contributed by atoms with van der Waals surface area (Å²) in [5.41, 5.74) is 0. The Hall–Kier alpha value is -0.840. The molecule has 1 fully saturated rings. The molecule has 0 saturated carbocycles. The highest BCUT2D eigenvalue weighted by atomic mass is 35.5. The smallest absolute Gasteiger partial charge is 0.328 e. The van der Waals surface area contributed by atoms with Crippen LogP contribution in [0.1, 0.15) is 6.42 Å². The van der Waals surface area contributed by atoms with Gasteiger partial charge in [-0.2, -0.15) is 0 Å². The van der Waals surface area contributed by atoms with Crippen molar-refractivity contribution in [1.29, 1.82) is 0 Å². The third-order valence-corrected chi connectivity index (χ3v) is 2.39. The Morgan fingerprint density at radius 2 is 2.29 bits per heavy atom. The Morgan fingerprint density at radius 3 is 2.79 bits per heavy atom. The first-order valence-electron chi connectivity index (χ1n) is 4.17. The molecule has 1 aliphatic heterocycles. The van der Waals surface area contributed by atoms with Crippen molar-refractivity contribution < 1.29 is 18.7 Å². The van der Waals surface area contributed by atoms with E-state index in [2.05, 4.69) is 4.74 Å². The summed E-state index contributed by atoms with van der Waals surface area (Å²) >= 11 is 5.33. The van der Waals surface area contributed by atoms with Gasteiger partial charge in [0.1, 0.15) is 18.1 Å². The second-order valence-corrected chi connectivity index (χ2v) is 3.32. The van der Waals surface area contributed by atoms with Gasteiger partial charge in [0.15, 0.2) is 0 Å². The van der Waals surface area contributed by atoms with Crippen LogP contribution in [0.5, 0.6) is 0 Å². The molecule has 0 N–H and O–H groups in total. The number of esters is 1. The van der Waals surface area contributed by atoms with E-state index < -0.39 is 24.1 Å². The van der Waals surface area contributed by atoms with Crippen LogP contribution in [0.4, 0.5) is 4.39 Å². The van der Waals surface area contributed by atoms with Gasteiger partial charge in [-0.25, -0.2) is 9.18 Å². The van der Waals surface area contributed by atoms with E-state index in [1.54, 1.807) is 0 Å². The Kier molecular flexibility index (Phi) is 3.69. The van der Waals surface area contributed by atoms with Gasteiger partial charge in [0.25, 0.3) is 0 Å². The summed E-state index contributed by atoms with van der Waals surface area (Å²) in [5.74, 6) is -1.29. The second-order valence-electron chi connectivity index (χ2n) is 3.05. The zero-order chi connectivity index (χ0) is 10.7. The van der Waals surface area contributed by atoms with Crippen LogP contribution in [0, 0.1) is 0 Å². The van der Waals surface area contributed by atoms with Crippen LogP contribution in [0.15, 0.2) is 0 Å². The van der Waals surface area contributed by atoms with E-state index in [0.29, 0.717) is 0 Å². The van der Waals surface area contributed by atoms with Crippen molar-refractivity contribution in [3.8, 4) is 0 Å². The van der Waals surface area contributed by atoms with E-state index >= 15 is 0 Å². The minimum Gasteiger partial charge on any atom is -0.467 e. The highest BCUT2D eigenvalue weighted by molar-refractivity contribution is 6.27. The lowest BCUT2D eigenvalue weighted by atomic mass is 10.2. The Labute approximate surface area is 86.0 Å². The van der Waals surface area contributed by atoms with Crippen LogP contribution >= 0.6 is 11.6 Å². The van der Waals surface area contributed by atoms with Crippen LogP contribution in [0.3, 0.4) is 0 Å². The van der Waals surface area contributed by atoms with Gasteiger partial charge < -0.3 is 9.64 Å². The summed E-state index contributed by atoms with van der Waals surface area (Å²) < 4.78 is 17.4. The maximum Gasteiger partial charge on any atom is 0.328 e. The molecule has 80 valence electrons. The van der Waals surface area contributed by atoms with Crippen LogP contribution in [-0.2, 0) is 14.3 Å². The molecule has 0 radical (unpaired) electrons. The maximum absolute atomic E-state index is 13.0. The predicted molar refractivity (Wildman–Crippen MR) is 47.8 cm³/mol. The lowest BCUT2D eigenvalue weighted by molar-refractivity contribution is -0.150. The molecule has 1 unspecified atom stereocenters. The van der Waals surface area contributed by atoms with Gasteiger partial charge in [0, 0.05) is 6.42 Å². The molecular weight excluding hydrogens is 213 g/mol. The minimum absolute atomic E-state index is 0.00466. The third-order valence-electron chi connectivity index (χ3n) is 2.16. The van der Waals surface area contributed by atoms with Crippen LogP contribution in [0.2, 0.25) is 0 Å². The molecule has 1 amide bonds. The summed E-state index contributed by atoms with van der Waals surface area (Å²) in [6.07, 6.45) is -1.18. The van der Waals surface area contributed by atoms with Crippen molar-refractivity contribution >= 4 is 23.5 Å². The summed E-state index contributed by atoms with van der Waals surface area (Å²) in [6.45, 7) is -0.0781. The average Bonchev–Trinajstić information content (AvgIpc) is 2.58. The molecule has 0 aromatic rings. The number of amides is 1. The summed E-state index contributed by atoms with van der Waals surface area (Å²) in [6, 6.07) is -0.818. The number of methoxy groups -OCH3 is 1. The van der Waals surface area contributed by atoms with E-state index in [0.717, 1.165) is 4.90 Å². The van der Waals surface area contributed by atoms with Gasteiger partial charge >= 0.3 is 5.97 Å². The average molecular weight is 224 g/mol. The molecule has 4 nitrogen and oxygen atoms in total. The number of alkyl halides is 2. The standard InChI is InChI=1S/C8H11ClFNO3/c1-14-8(13)6-2-5(10)4-11(6)7(12)3-9/h5-6H,2-4H2,1H3/t5?,6-/m0/s1. The fraction of sp³-hybridized carbons (Fsp3) is 0.750. The highest BCUT2D eigenvalue weighted by Crippen LogP contribution is 2.21. The van der Waals surface area contributed by atoms with Gasteiger partial charge in [-0.05, 0) is 0 Å². The van der Waals surface area contributed by atoms with Crippen molar-refractivity contribution in [3.63, 3.8) is 0 Å². The number of likely N-dealkylation sites (tertiary alicyclic amines) is 1. The number of carbonyl (C=O) groups excluding carboxylic acids is 2. The SMILES string of the molecule is COC(=O)[C@@H]1CC(F)CN1C(=O)CCl. The van der Waals surface area contributed by atoms with E-state index in [4.69, 9.17) is 11.6 Å². The van der Waals surface area contributed by atoms with Crippen LogP contribution in [0.25, 0.3) is 0 Å². The zero-order valence-electron chi connectivity index (χ0n) is 7.70. The third kappa shape index (κ3) is 2.15. The summed E-state index contributed by atoms with van der Waals surface area (Å²) in [5, 5.41) is 0. The maximum atomic E-state index is 13.0. The quantitative estimate of drug-likeness (QED) is 0.501. The van der Waals surface area contributed by atoms with Gasteiger partial charge in [-0.1, -0.05) is 0 Å². The van der Waals surface area contributed by atoms with Crippen molar-refractivity contribution in [1.82, 2.24) is 4.90 Å². The van der Waals surface area contributed by atoms with Crippen LogP contribution < -0.4 is 0 Å². The molecule has 0 bridgehead atoms. The first kappa shape index (κ1) is 11.2. The topological polar surface area (TPSA) is 46.6 Å². The number of halogens is 2. The van der Waals surface area contributed by atoms with Crippen LogP contribution in [-0.4, -0.2) is 48.5 Å². The molecule has 0 aromatic heterocycles. The largest absolute Gasteiger partial charge is 0.467 e. The van der Waals surface area contributed by atoms with E-state index in [-0.39, 0.29) is 18.8 Å². The van der Waals surface area contributed by atoms with E-state index in [1.807, 2.05) is 0 Å². The fourth-order valence-electron chi connectivity index (χ4n) is 1.50. The molecule has 6 heteroatoms. The Balaban J connectivity index is 2.72. The zero-order valence-corrected chi connectivity index (χ0v) is 8.46. The van der Waals surface area contributed by atoms with E-state index in [9.17, 15) is 14.0 Å². The number of rotatable bonds is 2. The van der Waals surface area contributed by atoms with Gasteiger partial charge in [-0.15, -0.1) is 11.6 Å². The molecule has 14 heavy (non-hydrogen) atoms. The highest BCUT2D eigenvalue weighted by Gasteiger charge is 2.39. The first-order valence-corrected chi connectivity index (χ1v) is 4.71. The predicted octanol–water partition coefficient (Wildman–Crippen LogP) is 0.337. The molecule has 0 spiro atoms. The minimum atomic E-state index is -1.17. The summed E-state index contributed by atoms with van der Waals surface area (Å²) in [7, 11) is 1.21. The molecule has 2 atom stereocenters. The first-order chi connectivity index (χ1) is 6.60. The van der Waals surface area contributed by atoms with E-state index in [1.165, 1.54) is 7.11 Å². The molecule has 1 rings (SSSR count). The second kappa shape index (κ2) is 4.59. The summed E-state index contributed by atoms with van der Waals surface area (Å²) in [4.78, 5) is 23.5. The fourth-order valence-corrected chi connectivity index (χ4v) is 1.65. The number of hydrogen-bond donors (Lipinski definition) is 0. The van der Waals surface area contributed by atoms with Crippen molar-refractivity contribution in [2.24, 2.45) is 0 Å². The lowest BCUT2D eigenvalue weighted by Crippen LogP contribution is -2.41. The van der Waals surface area contributed by atoms with Gasteiger partial charge in [0.2, 0.25) is 5.91 Å².